The van der Waals surface area contributed by atoms with E-state index in [1.807, 2.05) is 11.0 Å². The van der Waals surface area contributed by atoms with Crippen molar-refractivity contribution in [3.05, 3.63) is 29.3 Å². The summed E-state index contributed by atoms with van der Waals surface area (Å²) in [6, 6.07) is 6.15. The van der Waals surface area contributed by atoms with E-state index in [9.17, 15) is 4.79 Å². The molecule has 0 bridgehead atoms. The van der Waals surface area contributed by atoms with Gasteiger partial charge in [0.25, 0.3) is 0 Å². The van der Waals surface area contributed by atoms with Crippen LogP contribution in [0.2, 0.25) is 0 Å². The molecule has 1 aliphatic rings. The highest BCUT2D eigenvalue weighted by Gasteiger charge is 2.28. The zero-order valence-electron chi connectivity index (χ0n) is 10.2. The van der Waals surface area contributed by atoms with Crippen LogP contribution in [0.25, 0.3) is 0 Å². The molecule has 2 rings (SSSR count). The van der Waals surface area contributed by atoms with E-state index < -0.39 is 0 Å². The Bertz CT molecular complexity index is 394. The number of hydrogen-bond acceptors (Lipinski definition) is 2. The maximum atomic E-state index is 11.9. The molecule has 0 unspecified atom stereocenters. The Balaban J connectivity index is 2.35. The van der Waals surface area contributed by atoms with E-state index in [0.29, 0.717) is 6.54 Å². The molecular weight excluding hydrogens is 200 g/mol. The van der Waals surface area contributed by atoms with Crippen LogP contribution in [-0.4, -0.2) is 30.6 Å². The normalized spacial score (nSPS) is 17.2. The summed E-state index contributed by atoms with van der Waals surface area (Å²) >= 11 is 0. The fourth-order valence-corrected chi connectivity index (χ4v) is 2.24. The lowest BCUT2D eigenvalue weighted by Gasteiger charge is -2.21. The number of likely N-dealkylation sites (N-methyl/N-ethyl adjacent to an activating group) is 1. The highest BCUT2D eigenvalue weighted by atomic mass is 16.2. The van der Waals surface area contributed by atoms with Gasteiger partial charge in [-0.05, 0) is 31.5 Å². The summed E-state index contributed by atoms with van der Waals surface area (Å²) in [6.07, 6.45) is 0. The number of aryl methyl sites for hydroxylation is 2. The smallest absolute Gasteiger partial charge is 0.242 e. The van der Waals surface area contributed by atoms with Crippen molar-refractivity contribution in [2.24, 2.45) is 0 Å². The molecule has 1 fully saturated rings. The van der Waals surface area contributed by atoms with Crippen LogP contribution < -0.4 is 4.90 Å². The van der Waals surface area contributed by atoms with Crippen molar-refractivity contribution in [3.8, 4) is 0 Å². The fraction of sp³-hybridized carbons (Fsp3) is 0.462. The van der Waals surface area contributed by atoms with Crippen LogP contribution in [0.5, 0.6) is 0 Å². The third-order valence-electron chi connectivity index (χ3n) is 3.16. The van der Waals surface area contributed by atoms with E-state index >= 15 is 0 Å². The number of amides is 1. The summed E-state index contributed by atoms with van der Waals surface area (Å²) in [5, 5.41) is 0. The molecular formula is C13H18N2O. The topological polar surface area (TPSA) is 23.6 Å². The standard InChI is InChI=1S/C13H18N2O/c1-4-14-8-12(16)15(9-14)13-10(2)6-5-7-11(13)3/h5-7H,4,8-9H2,1-3H3. The molecule has 86 valence electrons. The minimum Gasteiger partial charge on any atom is -0.297 e. The van der Waals surface area contributed by atoms with Crippen LogP contribution in [0.3, 0.4) is 0 Å². The van der Waals surface area contributed by atoms with Gasteiger partial charge in [-0.15, -0.1) is 0 Å². The molecule has 1 amide bonds. The zero-order chi connectivity index (χ0) is 11.7. The maximum Gasteiger partial charge on any atom is 0.242 e. The van der Waals surface area contributed by atoms with Crippen LogP contribution in [0.15, 0.2) is 18.2 Å². The first kappa shape index (κ1) is 11.1. The number of benzene rings is 1. The van der Waals surface area contributed by atoms with Crippen molar-refractivity contribution in [3.63, 3.8) is 0 Å². The first-order chi connectivity index (χ1) is 7.63. The second kappa shape index (κ2) is 4.26. The van der Waals surface area contributed by atoms with Gasteiger partial charge in [-0.25, -0.2) is 0 Å². The van der Waals surface area contributed by atoms with Gasteiger partial charge in [0, 0.05) is 0 Å². The minimum atomic E-state index is 0.208. The molecule has 0 saturated carbocycles. The van der Waals surface area contributed by atoms with Crippen LogP contribution in [0, 0.1) is 13.8 Å². The van der Waals surface area contributed by atoms with Gasteiger partial charge in [-0.1, -0.05) is 25.1 Å². The van der Waals surface area contributed by atoms with Crippen molar-refractivity contribution < 1.29 is 4.79 Å². The second-order valence-electron chi connectivity index (χ2n) is 4.35. The Morgan fingerprint density at radius 1 is 1.25 bits per heavy atom. The quantitative estimate of drug-likeness (QED) is 0.757. The van der Waals surface area contributed by atoms with Crippen molar-refractivity contribution in [2.75, 3.05) is 24.7 Å². The van der Waals surface area contributed by atoms with E-state index in [0.717, 1.165) is 18.9 Å². The fourth-order valence-electron chi connectivity index (χ4n) is 2.24. The van der Waals surface area contributed by atoms with Crippen molar-refractivity contribution in [1.29, 1.82) is 0 Å². The van der Waals surface area contributed by atoms with Gasteiger partial charge < -0.3 is 0 Å². The number of hydrogen-bond donors (Lipinski definition) is 0. The van der Waals surface area contributed by atoms with Crippen LogP contribution in [0.1, 0.15) is 18.1 Å². The van der Waals surface area contributed by atoms with E-state index in [4.69, 9.17) is 0 Å². The van der Waals surface area contributed by atoms with Gasteiger partial charge in [0.1, 0.15) is 0 Å². The van der Waals surface area contributed by atoms with Gasteiger partial charge in [0.05, 0.1) is 18.9 Å². The van der Waals surface area contributed by atoms with Crippen molar-refractivity contribution >= 4 is 11.6 Å². The predicted octanol–water partition coefficient (Wildman–Crippen LogP) is 1.93. The van der Waals surface area contributed by atoms with E-state index in [-0.39, 0.29) is 5.91 Å². The number of nitrogens with zero attached hydrogens (tertiary/aromatic N) is 2. The number of anilines is 1. The lowest BCUT2D eigenvalue weighted by Crippen LogP contribution is -2.28. The molecule has 16 heavy (non-hydrogen) atoms. The first-order valence-corrected chi connectivity index (χ1v) is 5.72. The Labute approximate surface area is 96.7 Å². The van der Waals surface area contributed by atoms with E-state index in [1.54, 1.807) is 0 Å². The van der Waals surface area contributed by atoms with Crippen molar-refractivity contribution in [1.82, 2.24) is 4.90 Å². The molecule has 0 aliphatic carbocycles. The van der Waals surface area contributed by atoms with Crippen LogP contribution >= 0.6 is 0 Å². The Morgan fingerprint density at radius 2 is 1.88 bits per heavy atom. The van der Waals surface area contributed by atoms with Crippen LogP contribution in [-0.2, 0) is 4.79 Å². The summed E-state index contributed by atoms with van der Waals surface area (Å²) in [4.78, 5) is 16.0. The Morgan fingerprint density at radius 3 is 2.38 bits per heavy atom. The molecule has 0 spiro atoms. The number of carbonyl (C=O) groups is 1. The molecule has 0 radical (unpaired) electrons. The predicted molar refractivity (Wildman–Crippen MR) is 65.5 cm³/mol. The van der Waals surface area contributed by atoms with Gasteiger partial charge in [-0.3, -0.25) is 14.6 Å². The SMILES string of the molecule is CCN1CC(=O)N(c2c(C)cccc2C)C1. The molecule has 1 aliphatic heterocycles. The third kappa shape index (κ3) is 1.83. The third-order valence-corrected chi connectivity index (χ3v) is 3.16. The largest absolute Gasteiger partial charge is 0.297 e. The molecule has 1 aromatic rings. The second-order valence-corrected chi connectivity index (χ2v) is 4.35. The Kier molecular flexibility index (Phi) is 2.97. The summed E-state index contributed by atoms with van der Waals surface area (Å²) in [6.45, 7) is 8.40. The monoisotopic (exact) mass is 218 g/mol. The van der Waals surface area contributed by atoms with Crippen molar-refractivity contribution in [2.45, 2.75) is 20.8 Å². The average molecular weight is 218 g/mol. The highest BCUT2D eigenvalue weighted by Crippen LogP contribution is 2.27. The Hall–Kier alpha value is -1.35. The number of carbonyl (C=O) groups excluding carboxylic acids is 1. The highest BCUT2D eigenvalue weighted by molar-refractivity contribution is 5.98. The summed E-state index contributed by atoms with van der Waals surface area (Å²) in [7, 11) is 0. The van der Waals surface area contributed by atoms with E-state index in [1.165, 1.54) is 11.1 Å². The van der Waals surface area contributed by atoms with Gasteiger partial charge in [0.15, 0.2) is 0 Å². The summed E-state index contributed by atoms with van der Waals surface area (Å²) in [5.74, 6) is 0.208. The van der Waals surface area contributed by atoms with Gasteiger partial charge in [-0.2, -0.15) is 0 Å². The number of para-hydroxylation sites is 1. The molecule has 1 heterocycles. The molecule has 0 atom stereocenters. The average Bonchev–Trinajstić information content (AvgIpc) is 2.60. The summed E-state index contributed by atoms with van der Waals surface area (Å²) in [5.41, 5.74) is 3.43. The first-order valence-electron chi connectivity index (χ1n) is 5.72. The minimum absolute atomic E-state index is 0.208. The molecule has 1 saturated heterocycles. The van der Waals surface area contributed by atoms with Crippen LogP contribution in [0.4, 0.5) is 5.69 Å². The van der Waals surface area contributed by atoms with Gasteiger partial charge >= 0.3 is 0 Å². The molecule has 0 aromatic heterocycles. The van der Waals surface area contributed by atoms with Gasteiger partial charge in [0.2, 0.25) is 5.91 Å². The number of rotatable bonds is 2. The lowest BCUT2D eigenvalue weighted by molar-refractivity contribution is -0.116. The summed E-state index contributed by atoms with van der Waals surface area (Å²) < 4.78 is 0. The molecule has 3 heteroatoms. The zero-order valence-corrected chi connectivity index (χ0v) is 10.2. The van der Waals surface area contributed by atoms with E-state index in [2.05, 4.69) is 37.8 Å². The molecule has 1 aromatic carbocycles. The lowest BCUT2D eigenvalue weighted by atomic mass is 10.1. The maximum absolute atomic E-state index is 11.9. The molecule has 0 N–H and O–H groups in total. The molecule has 3 nitrogen and oxygen atoms in total.